The van der Waals surface area contributed by atoms with Gasteiger partial charge >= 0.3 is 0 Å². The van der Waals surface area contributed by atoms with Gasteiger partial charge in [0.1, 0.15) is 0 Å². The lowest BCUT2D eigenvalue weighted by Crippen LogP contribution is -2.55. The van der Waals surface area contributed by atoms with Crippen LogP contribution in [0.15, 0.2) is 0 Å². The van der Waals surface area contributed by atoms with Gasteiger partial charge in [0.15, 0.2) is 0 Å². The molecule has 0 spiro atoms. The molecule has 3 aliphatic rings. The van der Waals surface area contributed by atoms with Crippen LogP contribution in [0.3, 0.4) is 0 Å². The molecule has 96 valence electrons. The predicted molar refractivity (Wildman–Crippen MR) is 71.3 cm³/mol. The van der Waals surface area contributed by atoms with Crippen LogP contribution in [0.1, 0.15) is 38.5 Å². The molecule has 3 fully saturated rings. The minimum Gasteiger partial charge on any atom is -0.338 e. The van der Waals surface area contributed by atoms with E-state index in [0.29, 0.717) is 23.2 Å². The van der Waals surface area contributed by atoms with Crippen molar-refractivity contribution in [1.29, 1.82) is 0 Å². The zero-order chi connectivity index (χ0) is 12.0. The number of piperidine rings is 2. The average molecular weight is 301 g/mol. The molecule has 0 aromatic carbocycles. The van der Waals surface area contributed by atoms with Crippen molar-refractivity contribution in [2.24, 2.45) is 0 Å². The monoisotopic (exact) mass is 300 g/mol. The third kappa shape index (κ3) is 2.14. The lowest BCUT2D eigenvalue weighted by Gasteiger charge is -2.49. The highest BCUT2D eigenvalue weighted by atomic mass is 79.9. The normalized spacial score (nSPS) is 43.2. The third-order valence-electron chi connectivity index (χ3n) is 4.87. The summed E-state index contributed by atoms with van der Waals surface area (Å²) in [6, 6.07) is 1.95. The molecular weight excluding hydrogens is 280 g/mol. The summed E-state index contributed by atoms with van der Waals surface area (Å²) >= 11 is 3.59. The van der Waals surface area contributed by atoms with E-state index in [1.807, 2.05) is 0 Å². The Morgan fingerprint density at radius 2 is 1.82 bits per heavy atom. The van der Waals surface area contributed by atoms with Gasteiger partial charge < -0.3 is 9.80 Å². The number of amides is 1. The number of nitrogens with zero attached hydrogens (tertiary/aromatic N) is 2. The number of halogens is 1. The molecule has 0 aliphatic carbocycles. The smallest absolute Gasteiger partial charge is 0.224 e. The molecule has 3 aliphatic heterocycles. The van der Waals surface area contributed by atoms with Gasteiger partial charge in [-0.2, -0.15) is 0 Å². The summed E-state index contributed by atoms with van der Waals surface area (Å²) in [5.41, 5.74) is 0. The van der Waals surface area contributed by atoms with Gasteiger partial charge in [0.25, 0.3) is 0 Å². The molecule has 3 nitrogen and oxygen atoms in total. The molecule has 0 saturated carbocycles. The van der Waals surface area contributed by atoms with E-state index in [1.54, 1.807) is 0 Å². The Balaban J connectivity index is 1.71. The number of likely N-dealkylation sites (tertiary alicyclic amines) is 1. The minimum atomic E-state index is 0.361. The lowest BCUT2D eigenvalue weighted by atomic mass is 9.82. The SMILES string of the molecule is CN1[C@@H]2CCC[C@H]1CC(N1CC(Br)CC1=O)C2. The van der Waals surface area contributed by atoms with Crippen molar-refractivity contribution in [3.05, 3.63) is 0 Å². The van der Waals surface area contributed by atoms with Crippen molar-refractivity contribution in [1.82, 2.24) is 9.80 Å². The molecular formula is C13H21BrN2O. The van der Waals surface area contributed by atoms with E-state index in [-0.39, 0.29) is 0 Å². The standard InChI is InChI=1S/C13H21BrN2O/c1-15-10-3-2-4-11(15)7-12(6-10)16-8-9(14)5-13(16)17/h9-12H,2-8H2,1H3/t9?,10-,11+,12?. The summed E-state index contributed by atoms with van der Waals surface area (Å²) in [6.07, 6.45) is 7.10. The molecule has 0 aromatic heterocycles. The highest BCUT2D eigenvalue weighted by molar-refractivity contribution is 9.09. The van der Waals surface area contributed by atoms with E-state index in [0.717, 1.165) is 18.6 Å². The molecule has 4 heteroatoms. The van der Waals surface area contributed by atoms with Crippen molar-refractivity contribution >= 4 is 21.8 Å². The maximum atomic E-state index is 12.0. The fourth-order valence-corrected chi connectivity index (χ4v) is 4.47. The lowest BCUT2D eigenvalue weighted by molar-refractivity contribution is -0.131. The van der Waals surface area contributed by atoms with Crippen LogP contribution in [0.4, 0.5) is 0 Å². The Labute approximate surface area is 112 Å². The number of rotatable bonds is 1. The maximum absolute atomic E-state index is 12.0. The molecule has 3 heterocycles. The molecule has 17 heavy (non-hydrogen) atoms. The minimum absolute atomic E-state index is 0.361. The van der Waals surface area contributed by atoms with Gasteiger partial charge in [-0.1, -0.05) is 22.4 Å². The zero-order valence-electron chi connectivity index (χ0n) is 10.4. The number of alkyl halides is 1. The van der Waals surface area contributed by atoms with Crippen molar-refractivity contribution in [3.8, 4) is 0 Å². The van der Waals surface area contributed by atoms with E-state index < -0.39 is 0 Å². The molecule has 2 unspecified atom stereocenters. The van der Waals surface area contributed by atoms with E-state index in [2.05, 4.69) is 32.8 Å². The van der Waals surface area contributed by atoms with Crippen molar-refractivity contribution in [2.75, 3.05) is 13.6 Å². The van der Waals surface area contributed by atoms with Crippen LogP contribution in [0.25, 0.3) is 0 Å². The highest BCUT2D eigenvalue weighted by Crippen LogP contribution is 2.36. The molecule has 0 N–H and O–H groups in total. The Morgan fingerprint density at radius 1 is 1.18 bits per heavy atom. The highest BCUT2D eigenvalue weighted by Gasteiger charge is 2.41. The summed E-state index contributed by atoms with van der Waals surface area (Å²) in [4.78, 5) is 17.1. The van der Waals surface area contributed by atoms with Crippen LogP contribution in [-0.4, -0.2) is 52.3 Å². The van der Waals surface area contributed by atoms with Gasteiger partial charge in [-0.3, -0.25) is 4.79 Å². The molecule has 0 radical (unpaired) electrons. The Bertz CT molecular complexity index is 309. The third-order valence-corrected chi connectivity index (χ3v) is 5.48. The Morgan fingerprint density at radius 3 is 2.35 bits per heavy atom. The second-order valence-corrected chi connectivity index (χ2v) is 7.17. The van der Waals surface area contributed by atoms with Crippen LogP contribution in [0.5, 0.6) is 0 Å². The van der Waals surface area contributed by atoms with E-state index in [1.165, 1.54) is 32.1 Å². The number of carbonyl (C=O) groups is 1. The second kappa shape index (κ2) is 4.54. The molecule has 0 aromatic rings. The number of fused-ring (bicyclic) bond motifs is 2. The van der Waals surface area contributed by atoms with Crippen LogP contribution in [-0.2, 0) is 4.79 Å². The largest absolute Gasteiger partial charge is 0.338 e. The van der Waals surface area contributed by atoms with Gasteiger partial charge in [-0.25, -0.2) is 0 Å². The molecule has 3 rings (SSSR count). The van der Waals surface area contributed by atoms with Gasteiger partial charge in [-0.15, -0.1) is 0 Å². The second-order valence-electron chi connectivity index (χ2n) is 5.88. The van der Waals surface area contributed by atoms with Crippen LogP contribution >= 0.6 is 15.9 Å². The first-order chi connectivity index (χ1) is 8.15. The first-order valence-electron chi connectivity index (χ1n) is 6.80. The van der Waals surface area contributed by atoms with Gasteiger partial charge in [-0.05, 0) is 32.7 Å². The van der Waals surface area contributed by atoms with Gasteiger partial charge in [0.2, 0.25) is 5.91 Å². The number of carbonyl (C=O) groups excluding carboxylic acids is 1. The topological polar surface area (TPSA) is 23.6 Å². The molecule has 3 saturated heterocycles. The van der Waals surface area contributed by atoms with E-state index in [4.69, 9.17) is 0 Å². The van der Waals surface area contributed by atoms with Crippen LogP contribution in [0.2, 0.25) is 0 Å². The summed E-state index contributed by atoms with van der Waals surface area (Å²) in [7, 11) is 2.27. The molecule has 4 atom stereocenters. The molecule has 1 amide bonds. The fraction of sp³-hybridized carbons (Fsp3) is 0.923. The number of hydrogen-bond donors (Lipinski definition) is 0. The zero-order valence-corrected chi connectivity index (χ0v) is 12.0. The van der Waals surface area contributed by atoms with Gasteiger partial charge in [0, 0.05) is 35.9 Å². The summed E-state index contributed by atoms with van der Waals surface area (Å²) in [6.45, 7) is 0.923. The Kier molecular flexibility index (Phi) is 3.20. The maximum Gasteiger partial charge on any atom is 0.224 e. The molecule has 2 bridgehead atoms. The summed E-state index contributed by atoms with van der Waals surface area (Å²) in [5.74, 6) is 0.361. The van der Waals surface area contributed by atoms with E-state index in [9.17, 15) is 4.79 Å². The summed E-state index contributed by atoms with van der Waals surface area (Å²) < 4.78 is 0. The summed E-state index contributed by atoms with van der Waals surface area (Å²) in [5, 5.41) is 0. The van der Waals surface area contributed by atoms with E-state index >= 15 is 0 Å². The van der Waals surface area contributed by atoms with Gasteiger partial charge in [0.05, 0.1) is 0 Å². The first-order valence-corrected chi connectivity index (χ1v) is 7.72. The van der Waals surface area contributed by atoms with Crippen molar-refractivity contribution in [2.45, 2.75) is 61.5 Å². The van der Waals surface area contributed by atoms with Crippen LogP contribution < -0.4 is 0 Å². The quantitative estimate of drug-likeness (QED) is 0.692. The van der Waals surface area contributed by atoms with Crippen LogP contribution in [0, 0.1) is 0 Å². The fourth-order valence-electron chi connectivity index (χ4n) is 3.88. The average Bonchev–Trinajstić information content (AvgIpc) is 2.57. The van der Waals surface area contributed by atoms with Crippen molar-refractivity contribution in [3.63, 3.8) is 0 Å². The number of hydrogen-bond acceptors (Lipinski definition) is 2. The van der Waals surface area contributed by atoms with Crippen molar-refractivity contribution < 1.29 is 4.79 Å². The Hall–Kier alpha value is -0.0900. The first kappa shape index (κ1) is 12.0. The predicted octanol–water partition coefficient (Wildman–Crippen LogP) is 2.00.